The summed E-state index contributed by atoms with van der Waals surface area (Å²) in [5.74, 6) is -9.01. The number of carboxylic acids is 2. The third-order valence-electron chi connectivity index (χ3n) is 6.66. The number of hydrogen-bond acceptors (Lipinski definition) is 16. The van der Waals surface area contributed by atoms with Crippen LogP contribution in [0, 0.1) is 20.2 Å². The first-order valence-electron chi connectivity index (χ1n) is 14.3. The number of benzene rings is 2. The van der Waals surface area contributed by atoms with Gasteiger partial charge in [0.2, 0.25) is 26.2 Å². The van der Waals surface area contributed by atoms with Gasteiger partial charge in [0.1, 0.15) is 12.1 Å². The number of hydrogen-bond donors (Lipinski definition) is 10. The molecule has 0 heterocycles. The van der Waals surface area contributed by atoms with Crippen LogP contribution in [0.1, 0.15) is 49.5 Å². The number of aromatic hydroxyl groups is 2. The first-order valence-corrected chi connectivity index (χ1v) is 18.1. The molecule has 0 aliphatic heterocycles. The number of carboxylic acid groups (broad SMARTS) is 2. The average Bonchev–Trinajstić information content (AvgIpc) is 3.03. The maximum atomic E-state index is 12.3. The normalized spacial score (nSPS) is 15.8. The minimum absolute atomic E-state index is 0.0501. The standard InChI is InChI=1S/2C13H19N2O9P/c2*1-2-24-10-6-7(5-9(11(10)16)15(20)21)13(19)25(22,23)4-3-8(14)12(17)18/h2*5-6,8,13,16,19H,2-4,14H2,1H3,(H,17,18)(H,22,23)/t2*8-,13?/m00/s1. The maximum Gasteiger partial charge on any atom is 0.320 e. The summed E-state index contributed by atoms with van der Waals surface area (Å²) < 4.78 is 34.6. The SMILES string of the molecule is CCOc1cc(C(O)P(=O)(O)CC[C@H](N)C(=O)O)cc([N+](=O)[O-])c1O.CCOc1cc(C(O)P(=O)(O)CC[C@H](N)C(=O)O)cc([N+](=O)[O-])c1O. The van der Waals surface area contributed by atoms with Gasteiger partial charge in [-0.3, -0.25) is 38.9 Å². The Hall–Kier alpha value is -4.40. The number of carbonyl (C=O) groups is 2. The Bertz CT molecular complexity index is 1540. The summed E-state index contributed by atoms with van der Waals surface area (Å²) in [6.07, 6.45) is -1.97. The number of ether oxygens (including phenoxy) is 2. The summed E-state index contributed by atoms with van der Waals surface area (Å²) in [6.45, 7) is 3.21. The zero-order valence-electron chi connectivity index (χ0n) is 26.5. The van der Waals surface area contributed by atoms with Crippen molar-refractivity contribution >= 4 is 38.1 Å². The number of nitro groups is 2. The Morgan fingerprint density at radius 3 is 1.28 bits per heavy atom. The number of aliphatic hydroxyl groups excluding tert-OH is 2. The van der Waals surface area contributed by atoms with E-state index in [0.717, 1.165) is 24.3 Å². The highest BCUT2D eigenvalue weighted by Crippen LogP contribution is 2.57. The number of rotatable bonds is 18. The third-order valence-corrected chi connectivity index (χ3v) is 10.6. The van der Waals surface area contributed by atoms with E-state index in [4.69, 9.17) is 31.2 Å². The molecule has 0 amide bonds. The highest BCUT2D eigenvalue weighted by Gasteiger charge is 2.36. The van der Waals surface area contributed by atoms with Crippen LogP contribution in [-0.4, -0.2) is 99.8 Å². The molecule has 4 unspecified atom stereocenters. The molecule has 0 aliphatic carbocycles. The summed E-state index contributed by atoms with van der Waals surface area (Å²) >= 11 is 0. The van der Waals surface area contributed by atoms with Crippen LogP contribution in [0.2, 0.25) is 0 Å². The molecule has 0 saturated heterocycles. The van der Waals surface area contributed by atoms with Crippen molar-refractivity contribution in [2.45, 2.75) is 50.5 Å². The molecule has 0 saturated carbocycles. The van der Waals surface area contributed by atoms with Gasteiger partial charge in [-0.05, 0) is 38.8 Å². The van der Waals surface area contributed by atoms with Gasteiger partial charge in [-0.15, -0.1) is 0 Å². The van der Waals surface area contributed by atoms with Gasteiger partial charge in [0.05, 0.1) is 23.1 Å². The molecule has 6 atom stereocenters. The van der Waals surface area contributed by atoms with Crippen LogP contribution in [0.3, 0.4) is 0 Å². The molecule has 0 radical (unpaired) electrons. The van der Waals surface area contributed by atoms with Crippen molar-refractivity contribution in [2.75, 3.05) is 25.5 Å². The smallest absolute Gasteiger partial charge is 0.320 e. The molecule has 0 fully saturated rings. The molecule has 0 aliphatic rings. The number of nitrogens with two attached hydrogens (primary N) is 2. The molecule has 0 aromatic heterocycles. The molecule has 22 nitrogen and oxygen atoms in total. The summed E-state index contributed by atoms with van der Waals surface area (Å²) in [5, 5.41) is 79.1. The fraction of sp³-hybridized carbons (Fsp3) is 0.462. The van der Waals surface area contributed by atoms with Gasteiger partial charge in [0, 0.05) is 35.6 Å². The van der Waals surface area contributed by atoms with Crippen molar-refractivity contribution in [1.29, 1.82) is 0 Å². The average molecular weight is 757 g/mol. The zero-order valence-corrected chi connectivity index (χ0v) is 28.3. The summed E-state index contributed by atoms with van der Waals surface area (Å²) in [5.41, 5.74) is 8.27. The quantitative estimate of drug-likeness (QED) is 0.0585. The molecule has 2 rings (SSSR count). The number of phenolic OH excluding ortho intramolecular Hbond substituents is 2. The monoisotopic (exact) mass is 756 g/mol. The lowest BCUT2D eigenvalue weighted by atomic mass is 10.1. The lowest BCUT2D eigenvalue weighted by molar-refractivity contribution is -0.386. The Morgan fingerprint density at radius 1 is 0.740 bits per heavy atom. The van der Waals surface area contributed by atoms with Gasteiger partial charge < -0.3 is 61.4 Å². The van der Waals surface area contributed by atoms with Gasteiger partial charge >= 0.3 is 23.3 Å². The van der Waals surface area contributed by atoms with Crippen LogP contribution in [0.15, 0.2) is 24.3 Å². The minimum Gasteiger partial charge on any atom is -0.500 e. The van der Waals surface area contributed by atoms with Crippen molar-refractivity contribution in [2.24, 2.45) is 11.5 Å². The van der Waals surface area contributed by atoms with E-state index in [1.54, 1.807) is 13.8 Å². The molecular formula is C26H38N4O18P2. The van der Waals surface area contributed by atoms with Crippen molar-refractivity contribution in [3.63, 3.8) is 0 Å². The predicted molar refractivity (Wildman–Crippen MR) is 172 cm³/mol. The lowest BCUT2D eigenvalue weighted by Crippen LogP contribution is -2.31. The molecule has 0 spiro atoms. The zero-order chi connectivity index (χ0) is 38.7. The van der Waals surface area contributed by atoms with Crippen molar-refractivity contribution in [3.05, 3.63) is 55.6 Å². The Kier molecular flexibility index (Phi) is 16.2. The summed E-state index contributed by atoms with van der Waals surface area (Å²) in [4.78, 5) is 61.4. The summed E-state index contributed by atoms with van der Waals surface area (Å²) in [6, 6.07) is 0.750. The highest BCUT2D eigenvalue weighted by molar-refractivity contribution is 7.58. The van der Waals surface area contributed by atoms with E-state index in [9.17, 15) is 69.2 Å². The largest absolute Gasteiger partial charge is 0.500 e. The van der Waals surface area contributed by atoms with E-state index in [1.807, 2.05) is 0 Å². The van der Waals surface area contributed by atoms with Crippen LogP contribution >= 0.6 is 14.7 Å². The van der Waals surface area contributed by atoms with Crippen LogP contribution in [0.5, 0.6) is 23.0 Å². The van der Waals surface area contributed by atoms with Crippen LogP contribution in [0.25, 0.3) is 0 Å². The lowest BCUT2D eigenvalue weighted by Gasteiger charge is -2.20. The predicted octanol–water partition coefficient (Wildman–Crippen LogP) is 1.52. The van der Waals surface area contributed by atoms with Crippen LogP contribution in [0.4, 0.5) is 11.4 Å². The van der Waals surface area contributed by atoms with Crippen molar-refractivity contribution < 1.29 is 78.5 Å². The number of nitro benzene ring substituents is 2. The molecular weight excluding hydrogens is 718 g/mol. The van der Waals surface area contributed by atoms with Gasteiger partial charge in [-0.1, -0.05) is 0 Å². The molecule has 12 N–H and O–H groups in total. The van der Waals surface area contributed by atoms with Crippen LogP contribution in [-0.2, 0) is 18.7 Å². The molecule has 50 heavy (non-hydrogen) atoms. The Balaban J connectivity index is 0.000000500. The summed E-state index contributed by atoms with van der Waals surface area (Å²) in [7, 11) is -8.70. The second-order valence-corrected chi connectivity index (χ2v) is 15.2. The van der Waals surface area contributed by atoms with Gasteiger partial charge in [-0.2, -0.15) is 0 Å². The van der Waals surface area contributed by atoms with Gasteiger partial charge in [-0.25, -0.2) is 0 Å². The topological polar surface area (TPSA) is 387 Å². The van der Waals surface area contributed by atoms with E-state index < -0.39 is 95.5 Å². The van der Waals surface area contributed by atoms with E-state index in [1.165, 1.54) is 0 Å². The van der Waals surface area contributed by atoms with Crippen molar-refractivity contribution in [3.8, 4) is 23.0 Å². The molecule has 24 heteroatoms. The third kappa shape index (κ3) is 11.9. The Morgan fingerprint density at radius 2 is 1.04 bits per heavy atom. The van der Waals surface area contributed by atoms with Gasteiger partial charge in [0.15, 0.2) is 23.2 Å². The second kappa shape index (κ2) is 18.6. The van der Waals surface area contributed by atoms with E-state index >= 15 is 0 Å². The number of aliphatic carboxylic acids is 2. The number of nitrogens with zero attached hydrogens (tertiary/aromatic N) is 2. The number of aliphatic hydroxyl groups is 2. The molecule has 2 aromatic rings. The fourth-order valence-electron chi connectivity index (χ4n) is 3.94. The Labute approximate surface area is 282 Å². The van der Waals surface area contributed by atoms with E-state index in [-0.39, 0.29) is 48.7 Å². The maximum absolute atomic E-state index is 12.3. The first-order chi connectivity index (χ1) is 23.0. The fourth-order valence-corrected chi connectivity index (χ4v) is 6.96. The number of phenols is 2. The second-order valence-electron chi connectivity index (χ2n) is 10.3. The van der Waals surface area contributed by atoms with E-state index in [0.29, 0.717) is 0 Å². The highest BCUT2D eigenvalue weighted by atomic mass is 31.2. The molecule has 0 bridgehead atoms. The van der Waals surface area contributed by atoms with Crippen molar-refractivity contribution in [1.82, 2.24) is 0 Å². The van der Waals surface area contributed by atoms with Crippen LogP contribution < -0.4 is 20.9 Å². The van der Waals surface area contributed by atoms with E-state index in [2.05, 4.69) is 0 Å². The minimum atomic E-state index is -4.35. The first kappa shape index (κ1) is 43.6. The molecule has 280 valence electrons. The van der Waals surface area contributed by atoms with Gasteiger partial charge in [0.25, 0.3) is 0 Å². The molecule has 2 aromatic carbocycles.